The number of hydrogen-bond donors (Lipinski definition) is 0. The Morgan fingerprint density at radius 3 is 2.50 bits per heavy atom. The summed E-state index contributed by atoms with van der Waals surface area (Å²) in [5, 5.41) is 0. The number of nitrogens with zero attached hydrogens (tertiary/aromatic N) is 2. The van der Waals surface area contributed by atoms with E-state index in [1.54, 1.807) is 18.3 Å². The molecule has 0 bridgehead atoms. The lowest BCUT2D eigenvalue weighted by atomic mass is 10.1. The Hall–Kier alpha value is -1.94. The van der Waals surface area contributed by atoms with Gasteiger partial charge in [0, 0.05) is 42.0 Å². The molecule has 0 saturated heterocycles. The summed E-state index contributed by atoms with van der Waals surface area (Å²) in [4.78, 5) is 14.0. The topological polar surface area (TPSA) is 24.2 Å². The van der Waals surface area contributed by atoms with Crippen LogP contribution in [0.1, 0.15) is 10.4 Å². The van der Waals surface area contributed by atoms with Gasteiger partial charge < -0.3 is 4.90 Å². The van der Waals surface area contributed by atoms with Crippen molar-refractivity contribution >= 4 is 33.6 Å². The van der Waals surface area contributed by atoms with E-state index in [1.165, 1.54) is 0 Å². The van der Waals surface area contributed by atoms with Crippen LogP contribution in [0, 0.1) is 0 Å². The van der Waals surface area contributed by atoms with Crippen molar-refractivity contribution in [1.29, 1.82) is 0 Å². The van der Waals surface area contributed by atoms with E-state index >= 15 is 0 Å². The molecule has 0 atom stereocenters. The smallest absolute Gasteiger partial charge is 0.191 e. The fourth-order valence-electron chi connectivity index (χ4n) is 1.72. The van der Waals surface area contributed by atoms with E-state index in [0.29, 0.717) is 5.56 Å². The van der Waals surface area contributed by atoms with Crippen molar-refractivity contribution in [2.24, 2.45) is 0 Å². The Morgan fingerprint density at radius 2 is 1.90 bits per heavy atom. The summed E-state index contributed by atoms with van der Waals surface area (Å²) in [5.41, 5.74) is 1.79. The number of halogens is 1. The Bertz CT molecular complexity index is 633. The third-order valence-electron chi connectivity index (χ3n) is 2.86. The van der Waals surface area contributed by atoms with Crippen molar-refractivity contribution in [2.45, 2.75) is 0 Å². The molecule has 0 aliphatic heterocycles. The Kier molecular flexibility index (Phi) is 4.69. The minimum atomic E-state index is -0.0181. The summed E-state index contributed by atoms with van der Waals surface area (Å²) in [6.45, 7) is 0. The van der Waals surface area contributed by atoms with Crippen LogP contribution < -0.4 is 9.47 Å². The zero-order valence-electron chi connectivity index (χ0n) is 11.5. The highest BCUT2D eigenvalue weighted by Crippen LogP contribution is 2.12. The van der Waals surface area contributed by atoms with Crippen LogP contribution in [0.5, 0.6) is 0 Å². The third-order valence-corrected chi connectivity index (χ3v) is 3.35. The van der Waals surface area contributed by atoms with Gasteiger partial charge >= 0.3 is 0 Å². The molecule has 0 N–H and O–H groups in total. The number of benzene rings is 1. The number of rotatable bonds is 4. The van der Waals surface area contributed by atoms with Crippen LogP contribution in [0.25, 0.3) is 6.20 Å². The van der Waals surface area contributed by atoms with E-state index in [4.69, 9.17) is 0 Å². The van der Waals surface area contributed by atoms with Gasteiger partial charge in [0.05, 0.1) is 6.08 Å². The number of carbonyl (C=O) groups is 1. The molecule has 2 aromatic rings. The number of hydrogen-bond acceptors (Lipinski definition) is 2. The average molecular weight is 332 g/mol. The molecular formula is C16H16BrN2O+. The van der Waals surface area contributed by atoms with E-state index in [0.717, 1.165) is 10.2 Å². The maximum atomic E-state index is 12.0. The molecular weight excluding hydrogens is 316 g/mol. The second kappa shape index (κ2) is 6.48. The molecule has 0 spiro atoms. The predicted molar refractivity (Wildman–Crippen MR) is 84.8 cm³/mol. The molecule has 20 heavy (non-hydrogen) atoms. The van der Waals surface area contributed by atoms with E-state index < -0.39 is 0 Å². The minimum Gasteiger partial charge on any atom is -0.377 e. The molecule has 0 fully saturated rings. The number of anilines is 1. The normalized spacial score (nSPS) is 10.8. The number of carbonyl (C=O) groups excluding carboxylic acids is 1. The Morgan fingerprint density at radius 1 is 1.20 bits per heavy atom. The van der Waals surface area contributed by atoms with Crippen LogP contribution in [0.4, 0.5) is 5.69 Å². The molecule has 0 aliphatic rings. The maximum absolute atomic E-state index is 12.0. The van der Waals surface area contributed by atoms with Gasteiger partial charge in [0.15, 0.2) is 24.4 Å². The van der Waals surface area contributed by atoms with Gasteiger partial charge in [0.2, 0.25) is 0 Å². The molecule has 102 valence electrons. The first kappa shape index (κ1) is 14.5. The largest absolute Gasteiger partial charge is 0.377 e. The lowest BCUT2D eigenvalue weighted by Gasteiger charge is -2.09. The SMILES string of the molecule is CN(C)c1cc[n+](/C=C/C(=O)c2cccc(Br)c2)cc1. The Labute approximate surface area is 127 Å². The standard InChI is InChI=1S/C16H16BrN2O/c1-18(2)15-6-9-19(10-7-15)11-8-16(20)13-4-3-5-14(17)12-13/h3-12H,1-2H3/q+1/b11-8+. The zero-order valence-corrected chi connectivity index (χ0v) is 13.0. The van der Waals surface area contributed by atoms with E-state index in [2.05, 4.69) is 15.9 Å². The highest BCUT2D eigenvalue weighted by Gasteiger charge is 2.04. The number of ketones is 1. The Balaban J connectivity index is 2.11. The molecule has 0 radical (unpaired) electrons. The first-order valence-corrected chi connectivity index (χ1v) is 7.02. The maximum Gasteiger partial charge on any atom is 0.191 e. The minimum absolute atomic E-state index is 0.0181. The first-order chi connectivity index (χ1) is 9.56. The van der Waals surface area contributed by atoms with Crippen molar-refractivity contribution in [3.8, 4) is 0 Å². The van der Waals surface area contributed by atoms with Crippen LogP contribution >= 0.6 is 15.9 Å². The van der Waals surface area contributed by atoms with Crippen molar-refractivity contribution in [3.63, 3.8) is 0 Å². The van der Waals surface area contributed by atoms with Crippen molar-refractivity contribution in [2.75, 3.05) is 19.0 Å². The van der Waals surface area contributed by atoms with Crippen LogP contribution in [-0.2, 0) is 0 Å². The lowest BCUT2D eigenvalue weighted by Crippen LogP contribution is -2.25. The number of pyridine rings is 1. The quantitative estimate of drug-likeness (QED) is 0.488. The fraction of sp³-hybridized carbons (Fsp3) is 0.125. The average Bonchev–Trinajstić information content (AvgIpc) is 2.45. The van der Waals surface area contributed by atoms with Crippen LogP contribution in [0.3, 0.4) is 0 Å². The van der Waals surface area contributed by atoms with Gasteiger partial charge in [-0.2, -0.15) is 4.57 Å². The van der Waals surface area contributed by atoms with Gasteiger partial charge in [0.25, 0.3) is 0 Å². The summed E-state index contributed by atoms with van der Waals surface area (Å²) < 4.78 is 2.75. The van der Waals surface area contributed by atoms with Gasteiger partial charge in [0.1, 0.15) is 0 Å². The molecule has 0 unspecified atom stereocenters. The highest BCUT2D eigenvalue weighted by atomic mass is 79.9. The summed E-state index contributed by atoms with van der Waals surface area (Å²) in [5.74, 6) is -0.0181. The summed E-state index contributed by atoms with van der Waals surface area (Å²) in [6.07, 6.45) is 7.15. The molecule has 3 nitrogen and oxygen atoms in total. The van der Waals surface area contributed by atoms with Crippen LogP contribution in [-0.4, -0.2) is 19.9 Å². The zero-order chi connectivity index (χ0) is 14.5. The van der Waals surface area contributed by atoms with Crippen LogP contribution in [0.2, 0.25) is 0 Å². The molecule has 1 aromatic heterocycles. The van der Waals surface area contributed by atoms with Gasteiger partial charge in [-0.15, -0.1) is 0 Å². The fourth-order valence-corrected chi connectivity index (χ4v) is 2.12. The lowest BCUT2D eigenvalue weighted by molar-refractivity contribution is -0.568. The van der Waals surface area contributed by atoms with Crippen LogP contribution in [0.15, 0.2) is 59.3 Å². The van der Waals surface area contributed by atoms with Crippen molar-refractivity contribution in [3.05, 3.63) is 64.9 Å². The second-order valence-corrected chi connectivity index (χ2v) is 5.50. The van der Waals surface area contributed by atoms with E-state index in [9.17, 15) is 4.79 Å². The van der Waals surface area contributed by atoms with Crippen molar-refractivity contribution in [1.82, 2.24) is 0 Å². The molecule has 2 rings (SSSR count). The summed E-state index contributed by atoms with van der Waals surface area (Å²) in [6, 6.07) is 11.4. The predicted octanol–water partition coefficient (Wildman–Crippen LogP) is 3.16. The van der Waals surface area contributed by atoms with E-state index in [1.807, 2.05) is 66.3 Å². The van der Waals surface area contributed by atoms with Gasteiger partial charge in [-0.3, -0.25) is 4.79 Å². The van der Waals surface area contributed by atoms with Gasteiger partial charge in [-0.25, -0.2) is 0 Å². The van der Waals surface area contributed by atoms with Gasteiger partial charge in [-0.1, -0.05) is 28.1 Å². The third kappa shape index (κ3) is 3.78. The molecule has 1 heterocycles. The summed E-state index contributed by atoms with van der Waals surface area (Å²) in [7, 11) is 3.98. The molecule has 4 heteroatoms. The second-order valence-electron chi connectivity index (χ2n) is 4.59. The van der Waals surface area contributed by atoms with Gasteiger partial charge in [-0.05, 0) is 12.1 Å². The number of aromatic nitrogens is 1. The molecule has 0 aliphatic carbocycles. The monoisotopic (exact) mass is 331 g/mol. The highest BCUT2D eigenvalue weighted by molar-refractivity contribution is 9.10. The molecule has 0 amide bonds. The molecule has 1 aromatic carbocycles. The van der Waals surface area contributed by atoms with Crippen molar-refractivity contribution < 1.29 is 9.36 Å². The first-order valence-electron chi connectivity index (χ1n) is 6.22. The van der Waals surface area contributed by atoms with E-state index in [-0.39, 0.29) is 5.78 Å². The number of allylic oxidation sites excluding steroid dienone is 1. The summed E-state index contributed by atoms with van der Waals surface area (Å²) >= 11 is 3.36. The molecule has 0 saturated carbocycles.